The molecule has 1 unspecified atom stereocenters. The third-order valence-corrected chi connectivity index (χ3v) is 2.76. The minimum atomic E-state index is -0.463. The van der Waals surface area contributed by atoms with Gasteiger partial charge in [-0.15, -0.1) is 0 Å². The van der Waals surface area contributed by atoms with Crippen LogP contribution in [0, 0.1) is 11.7 Å². The number of methoxy groups -OCH3 is 1. The van der Waals surface area contributed by atoms with Crippen molar-refractivity contribution in [1.29, 1.82) is 0 Å². The van der Waals surface area contributed by atoms with Crippen molar-refractivity contribution < 1.29 is 18.7 Å². The molecule has 2 rings (SSSR count). The average molecular weight is 237 g/mol. The van der Waals surface area contributed by atoms with Crippen LogP contribution in [0.3, 0.4) is 0 Å². The SMILES string of the molecule is COc1ccc(CC2CC(=O)NC2=O)cc1F. The number of nitrogens with one attached hydrogen (secondary N) is 1. The number of hydrogen-bond donors (Lipinski definition) is 1. The fourth-order valence-electron chi connectivity index (χ4n) is 1.89. The summed E-state index contributed by atoms with van der Waals surface area (Å²) in [7, 11) is 1.39. The lowest BCUT2D eigenvalue weighted by Crippen LogP contribution is -2.22. The van der Waals surface area contributed by atoms with Crippen LogP contribution in [0.15, 0.2) is 18.2 Å². The molecule has 1 atom stereocenters. The van der Waals surface area contributed by atoms with Crippen LogP contribution in [-0.4, -0.2) is 18.9 Å². The van der Waals surface area contributed by atoms with Gasteiger partial charge in [0.2, 0.25) is 11.8 Å². The molecule has 4 nitrogen and oxygen atoms in total. The number of halogens is 1. The second kappa shape index (κ2) is 4.53. The van der Waals surface area contributed by atoms with Gasteiger partial charge in [0.15, 0.2) is 11.6 Å². The standard InChI is InChI=1S/C12H12FNO3/c1-17-10-3-2-7(5-9(10)13)4-8-6-11(15)14-12(8)16/h2-3,5,8H,4,6H2,1H3,(H,14,15,16). The Morgan fingerprint density at radius 2 is 2.24 bits per heavy atom. The summed E-state index contributed by atoms with van der Waals surface area (Å²) < 4.78 is 18.2. The maximum absolute atomic E-state index is 13.4. The highest BCUT2D eigenvalue weighted by Gasteiger charge is 2.30. The molecule has 1 aromatic rings. The fraction of sp³-hybridized carbons (Fsp3) is 0.333. The molecule has 1 aromatic carbocycles. The van der Waals surface area contributed by atoms with Gasteiger partial charge in [0.05, 0.1) is 13.0 Å². The molecule has 0 aliphatic carbocycles. The van der Waals surface area contributed by atoms with E-state index in [1.165, 1.54) is 19.2 Å². The zero-order valence-corrected chi connectivity index (χ0v) is 9.33. The van der Waals surface area contributed by atoms with Crippen LogP contribution in [0.1, 0.15) is 12.0 Å². The zero-order valence-electron chi connectivity index (χ0n) is 9.33. The lowest BCUT2D eigenvalue weighted by Gasteiger charge is -2.07. The molecule has 0 aromatic heterocycles. The van der Waals surface area contributed by atoms with E-state index in [9.17, 15) is 14.0 Å². The molecule has 0 radical (unpaired) electrons. The van der Waals surface area contributed by atoms with E-state index in [1.54, 1.807) is 6.07 Å². The molecule has 5 heteroatoms. The highest BCUT2D eigenvalue weighted by Crippen LogP contribution is 2.22. The first-order chi connectivity index (χ1) is 8.10. The number of hydrogen-bond acceptors (Lipinski definition) is 3. The third kappa shape index (κ3) is 2.43. The van der Waals surface area contributed by atoms with Crippen LogP contribution >= 0.6 is 0 Å². The normalized spacial score (nSPS) is 19.3. The number of rotatable bonds is 3. The predicted molar refractivity (Wildman–Crippen MR) is 57.9 cm³/mol. The van der Waals surface area contributed by atoms with Gasteiger partial charge in [0.1, 0.15) is 0 Å². The molecular formula is C12H12FNO3. The molecule has 0 bridgehead atoms. The summed E-state index contributed by atoms with van der Waals surface area (Å²) >= 11 is 0. The smallest absolute Gasteiger partial charge is 0.230 e. The van der Waals surface area contributed by atoms with Crippen LogP contribution < -0.4 is 10.1 Å². The zero-order chi connectivity index (χ0) is 12.4. The van der Waals surface area contributed by atoms with E-state index >= 15 is 0 Å². The minimum absolute atomic E-state index is 0.167. The number of carbonyl (C=O) groups excluding carboxylic acids is 2. The van der Waals surface area contributed by atoms with Crippen LogP contribution in [0.4, 0.5) is 4.39 Å². The van der Waals surface area contributed by atoms with Gasteiger partial charge in [-0.1, -0.05) is 6.07 Å². The summed E-state index contributed by atoms with van der Waals surface area (Å²) in [5.41, 5.74) is 0.679. The van der Waals surface area contributed by atoms with Crippen LogP contribution in [0.5, 0.6) is 5.75 Å². The fourth-order valence-corrected chi connectivity index (χ4v) is 1.89. The van der Waals surface area contributed by atoms with Crippen molar-refractivity contribution in [3.05, 3.63) is 29.6 Å². The van der Waals surface area contributed by atoms with Crippen LogP contribution in [0.2, 0.25) is 0 Å². The Hall–Kier alpha value is -1.91. The summed E-state index contributed by atoms with van der Waals surface area (Å²) in [5, 5.41) is 2.23. The lowest BCUT2D eigenvalue weighted by atomic mass is 9.98. The van der Waals surface area contributed by atoms with E-state index in [2.05, 4.69) is 5.32 Å². The first-order valence-electron chi connectivity index (χ1n) is 5.26. The number of carbonyl (C=O) groups is 2. The van der Waals surface area contributed by atoms with Crippen molar-refractivity contribution in [2.75, 3.05) is 7.11 Å². The van der Waals surface area contributed by atoms with Gasteiger partial charge in [0, 0.05) is 6.42 Å². The Bertz CT molecular complexity index is 473. The molecular weight excluding hydrogens is 225 g/mol. The van der Waals surface area contributed by atoms with Crippen LogP contribution in [0.25, 0.3) is 0 Å². The van der Waals surface area contributed by atoms with Crippen molar-refractivity contribution in [2.24, 2.45) is 5.92 Å². The molecule has 90 valence electrons. The van der Waals surface area contributed by atoms with E-state index < -0.39 is 11.7 Å². The summed E-state index contributed by atoms with van der Waals surface area (Å²) in [6.45, 7) is 0. The summed E-state index contributed by atoms with van der Waals surface area (Å²) in [6, 6.07) is 4.53. The molecule has 17 heavy (non-hydrogen) atoms. The summed E-state index contributed by atoms with van der Waals surface area (Å²) in [6.07, 6.45) is 0.533. The van der Waals surface area contributed by atoms with Crippen molar-refractivity contribution in [3.63, 3.8) is 0 Å². The summed E-state index contributed by atoms with van der Waals surface area (Å²) in [5.74, 6) is -1.24. The van der Waals surface area contributed by atoms with E-state index in [4.69, 9.17) is 4.74 Å². The Labute approximate surface area is 97.8 Å². The van der Waals surface area contributed by atoms with Gasteiger partial charge in [0.25, 0.3) is 0 Å². The Kier molecular flexibility index (Phi) is 3.08. The van der Waals surface area contributed by atoms with Crippen molar-refractivity contribution in [1.82, 2.24) is 5.32 Å². The number of amides is 2. The number of imide groups is 1. The van der Waals surface area contributed by atoms with Gasteiger partial charge in [-0.05, 0) is 24.1 Å². The van der Waals surface area contributed by atoms with E-state index in [0.29, 0.717) is 12.0 Å². The predicted octanol–water partition coefficient (Wildman–Crippen LogP) is 1.04. The highest BCUT2D eigenvalue weighted by atomic mass is 19.1. The van der Waals surface area contributed by atoms with Crippen molar-refractivity contribution >= 4 is 11.8 Å². The van der Waals surface area contributed by atoms with Gasteiger partial charge < -0.3 is 4.74 Å². The van der Waals surface area contributed by atoms with Crippen LogP contribution in [-0.2, 0) is 16.0 Å². The Morgan fingerprint density at radius 1 is 1.47 bits per heavy atom. The molecule has 0 spiro atoms. The highest BCUT2D eigenvalue weighted by molar-refractivity contribution is 6.03. The monoisotopic (exact) mass is 237 g/mol. The largest absolute Gasteiger partial charge is 0.494 e. The summed E-state index contributed by atoms with van der Waals surface area (Å²) in [4.78, 5) is 22.3. The third-order valence-electron chi connectivity index (χ3n) is 2.76. The maximum Gasteiger partial charge on any atom is 0.230 e. The average Bonchev–Trinajstić information content (AvgIpc) is 2.58. The first-order valence-corrected chi connectivity index (χ1v) is 5.26. The molecule has 1 saturated heterocycles. The second-order valence-electron chi connectivity index (χ2n) is 3.99. The number of benzene rings is 1. The Morgan fingerprint density at radius 3 is 2.76 bits per heavy atom. The van der Waals surface area contributed by atoms with E-state index in [1.807, 2.05) is 0 Å². The maximum atomic E-state index is 13.4. The molecule has 1 aliphatic rings. The topological polar surface area (TPSA) is 55.4 Å². The van der Waals surface area contributed by atoms with Gasteiger partial charge >= 0.3 is 0 Å². The lowest BCUT2D eigenvalue weighted by molar-refractivity contribution is -0.125. The van der Waals surface area contributed by atoms with Gasteiger partial charge in [-0.25, -0.2) is 4.39 Å². The second-order valence-corrected chi connectivity index (χ2v) is 3.99. The molecule has 1 N–H and O–H groups in total. The van der Waals surface area contributed by atoms with Gasteiger partial charge in [-0.3, -0.25) is 14.9 Å². The van der Waals surface area contributed by atoms with Crippen molar-refractivity contribution in [3.8, 4) is 5.75 Å². The molecule has 1 aliphatic heterocycles. The quantitative estimate of drug-likeness (QED) is 0.799. The molecule has 1 fully saturated rings. The van der Waals surface area contributed by atoms with Gasteiger partial charge in [-0.2, -0.15) is 0 Å². The molecule has 0 saturated carbocycles. The van der Waals surface area contributed by atoms with E-state index in [-0.39, 0.29) is 24.0 Å². The first kappa shape index (κ1) is 11.6. The van der Waals surface area contributed by atoms with Crippen molar-refractivity contribution in [2.45, 2.75) is 12.8 Å². The van der Waals surface area contributed by atoms with E-state index in [0.717, 1.165) is 0 Å². The minimum Gasteiger partial charge on any atom is -0.494 e. The number of ether oxygens (including phenoxy) is 1. The Balaban J connectivity index is 2.11. The molecule has 1 heterocycles. The molecule has 2 amide bonds.